The number of carbonyl (C=O) groups is 1. The second-order valence-corrected chi connectivity index (χ2v) is 8.72. The van der Waals surface area contributed by atoms with E-state index < -0.39 is 5.91 Å². The number of nitrogens with one attached hydrogen (secondary N) is 1. The summed E-state index contributed by atoms with van der Waals surface area (Å²) in [7, 11) is 0. The molecule has 2 fully saturated rings. The van der Waals surface area contributed by atoms with Crippen LogP contribution in [-0.2, 0) is 0 Å². The van der Waals surface area contributed by atoms with Gasteiger partial charge in [-0.15, -0.1) is 0 Å². The smallest absolute Gasteiger partial charge is 0.252 e. The number of hydrogen-bond donors (Lipinski definition) is 2. The Morgan fingerprint density at radius 1 is 1.14 bits per heavy atom. The Balaban J connectivity index is 1.49. The van der Waals surface area contributed by atoms with Crippen molar-refractivity contribution in [3.8, 4) is 0 Å². The van der Waals surface area contributed by atoms with E-state index in [2.05, 4.69) is 29.3 Å². The summed E-state index contributed by atoms with van der Waals surface area (Å²) >= 11 is 0. The highest BCUT2D eigenvalue weighted by molar-refractivity contribution is 6.01. The van der Waals surface area contributed by atoms with E-state index in [1.54, 1.807) is 0 Å². The van der Waals surface area contributed by atoms with Crippen LogP contribution in [0.3, 0.4) is 0 Å². The molecule has 0 spiro atoms. The van der Waals surface area contributed by atoms with Crippen molar-refractivity contribution in [3.05, 3.63) is 35.4 Å². The van der Waals surface area contributed by atoms with Crippen molar-refractivity contribution < 1.29 is 4.79 Å². The summed E-state index contributed by atoms with van der Waals surface area (Å²) in [6.45, 7) is 6.24. The molecule has 28 heavy (non-hydrogen) atoms. The monoisotopic (exact) mass is 380 g/mol. The Hall–Kier alpha value is -2.14. The number of piperidine rings is 1. The summed E-state index contributed by atoms with van der Waals surface area (Å²) in [5.74, 6) is 1.12. The molecule has 1 aromatic heterocycles. The van der Waals surface area contributed by atoms with Crippen LogP contribution in [0.1, 0.15) is 61.4 Å². The quantitative estimate of drug-likeness (QED) is 0.847. The van der Waals surface area contributed by atoms with Crippen LogP contribution in [0, 0.1) is 12.8 Å². The molecule has 5 heteroatoms. The van der Waals surface area contributed by atoms with E-state index in [0.717, 1.165) is 54.1 Å². The fourth-order valence-electron chi connectivity index (χ4n) is 4.83. The summed E-state index contributed by atoms with van der Waals surface area (Å²) < 4.78 is 0. The van der Waals surface area contributed by atoms with Crippen molar-refractivity contribution in [2.45, 2.75) is 64.5 Å². The Morgan fingerprint density at radius 3 is 2.61 bits per heavy atom. The first-order valence-electron chi connectivity index (χ1n) is 10.7. The topological polar surface area (TPSA) is 71.2 Å². The number of hydrogen-bond acceptors (Lipinski definition) is 4. The summed E-state index contributed by atoms with van der Waals surface area (Å²) in [4.78, 5) is 19.2. The average molecular weight is 381 g/mol. The molecule has 2 aliphatic rings. The Bertz CT molecular complexity index is 857. The molecule has 2 heterocycles. The number of rotatable bonds is 4. The molecule has 2 unspecified atom stereocenters. The van der Waals surface area contributed by atoms with Crippen molar-refractivity contribution in [1.29, 1.82) is 0 Å². The molecule has 0 bridgehead atoms. The molecule has 1 saturated carbocycles. The van der Waals surface area contributed by atoms with E-state index in [0.29, 0.717) is 17.6 Å². The molecule has 0 radical (unpaired) electrons. The van der Waals surface area contributed by atoms with Gasteiger partial charge in [-0.05, 0) is 56.7 Å². The Morgan fingerprint density at radius 2 is 1.89 bits per heavy atom. The number of aryl methyl sites for hydroxylation is 1. The van der Waals surface area contributed by atoms with Gasteiger partial charge in [0.05, 0.1) is 11.1 Å². The van der Waals surface area contributed by atoms with Gasteiger partial charge in [-0.1, -0.05) is 31.4 Å². The molecular formula is C23H32N4O. The standard InChI is InChI=1S/C23H32N4O/c1-15-7-8-21-17(13-15)14-19(22(24)28)23(26-21)27-11-9-18(10-12-27)25-20-6-4-3-5-16(20)2/h7-8,13-14,16,18,20,25H,3-6,9-12H2,1-2H3,(H2,24,28). The Kier molecular flexibility index (Phi) is 5.54. The summed E-state index contributed by atoms with van der Waals surface area (Å²) in [5, 5.41) is 4.89. The van der Waals surface area contributed by atoms with Gasteiger partial charge in [0.25, 0.3) is 5.91 Å². The number of nitrogens with zero attached hydrogens (tertiary/aromatic N) is 2. The first kappa shape index (κ1) is 19.2. The number of nitrogens with two attached hydrogens (primary N) is 1. The molecule has 2 aromatic rings. The van der Waals surface area contributed by atoms with Gasteiger partial charge in [-0.3, -0.25) is 4.79 Å². The lowest BCUT2D eigenvalue weighted by Crippen LogP contribution is -2.49. The van der Waals surface area contributed by atoms with Gasteiger partial charge in [0, 0.05) is 30.6 Å². The number of fused-ring (bicyclic) bond motifs is 1. The number of anilines is 1. The largest absolute Gasteiger partial charge is 0.365 e. The molecule has 1 aliphatic heterocycles. The fourth-order valence-corrected chi connectivity index (χ4v) is 4.83. The van der Waals surface area contributed by atoms with Crippen molar-refractivity contribution >= 4 is 22.6 Å². The SMILES string of the molecule is Cc1ccc2nc(N3CCC(NC4CCCCC4C)CC3)c(C(N)=O)cc2c1. The van der Waals surface area contributed by atoms with E-state index in [1.807, 2.05) is 19.1 Å². The third-order valence-corrected chi connectivity index (χ3v) is 6.57. The number of aromatic nitrogens is 1. The highest BCUT2D eigenvalue weighted by Crippen LogP contribution is 2.28. The molecule has 1 saturated heterocycles. The first-order chi connectivity index (χ1) is 13.5. The molecule has 150 valence electrons. The predicted molar refractivity (Wildman–Crippen MR) is 115 cm³/mol. The van der Waals surface area contributed by atoms with Crippen LogP contribution in [0.15, 0.2) is 24.3 Å². The van der Waals surface area contributed by atoms with Gasteiger partial charge in [-0.25, -0.2) is 4.98 Å². The van der Waals surface area contributed by atoms with Gasteiger partial charge in [0.1, 0.15) is 5.82 Å². The van der Waals surface area contributed by atoms with Crippen molar-refractivity contribution in [3.63, 3.8) is 0 Å². The molecule has 1 aliphatic carbocycles. The van der Waals surface area contributed by atoms with Gasteiger partial charge in [0.15, 0.2) is 0 Å². The third kappa shape index (κ3) is 4.00. The van der Waals surface area contributed by atoms with E-state index in [1.165, 1.54) is 25.7 Å². The lowest BCUT2D eigenvalue weighted by Gasteiger charge is -2.38. The number of carbonyl (C=O) groups excluding carboxylic acids is 1. The second kappa shape index (κ2) is 8.08. The minimum atomic E-state index is -0.401. The second-order valence-electron chi connectivity index (χ2n) is 8.72. The van der Waals surface area contributed by atoms with Crippen LogP contribution < -0.4 is 16.0 Å². The number of pyridine rings is 1. The van der Waals surface area contributed by atoms with Crippen molar-refractivity contribution in [2.75, 3.05) is 18.0 Å². The molecule has 5 nitrogen and oxygen atoms in total. The Labute approximate surface area is 167 Å². The van der Waals surface area contributed by atoms with Crippen LogP contribution in [-0.4, -0.2) is 36.1 Å². The molecule has 2 atom stereocenters. The van der Waals surface area contributed by atoms with Crippen LogP contribution in [0.4, 0.5) is 5.82 Å². The third-order valence-electron chi connectivity index (χ3n) is 6.57. The molecule has 1 amide bonds. The maximum absolute atomic E-state index is 12.1. The molecule has 3 N–H and O–H groups in total. The van der Waals surface area contributed by atoms with Gasteiger partial charge >= 0.3 is 0 Å². The van der Waals surface area contributed by atoms with Crippen LogP contribution in [0.25, 0.3) is 10.9 Å². The minimum absolute atomic E-state index is 0.401. The molecular weight excluding hydrogens is 348 g/mol. The van der Waals surface area contributed by atoms with E-state index in [4.69, 9.17) is 10.7 Å². The summed E-state index contributed by atoms with van der Waals surface area (Å²) in [6, 6.07) is 9.26. The highest BCUT2D eigenvalue weighted by Gasteiger charge is 2.28. The van der Waals surface area contributed by atoms with Gasteiger partial charge in [-0.2, -0.15) is 0 Å². The van der Waals surface area contributed by atoms with Crippen LogP contribution in [0.5, 0.6) is 0 Å². The number of primary amides is 1. The number of amides is 1. The van der Waals surface area contributed by atoms with E-state index >= 15 is 0 Å². The zero-order chi connectivity index (χ0) is 19.7. The number of benzene rings is 1. The van der Waals surface area contributed by atoms with Crippen molar-refractivity contribution in [2.24, 2.45) is 11.7 Å². The maximum Gasteiger partial charge on any atom is 0.252 e. The normalized spacial score (nSPS) is 23.9. The van der Waals surface area contributed by atoms with Crippen LogP contribution >= 0.6 is 0 Å². The van der Waals surface area contributed by atoms with E-state index in [9.17, 15) is 4.79 Å². The zero-order valence-electron chi connectivity index (χ0n) is 17.1. The van der Waals surface area contributed by atoms with Gasteiger partial charge in [0.2, 0.25) is 0 Å². The predicted octanol–water partition coefficient (Wildman–Crippen LogP) is 3.78. The minimum Gasteiger partial charge on any atom is -0.365 e. The lowest BCUT2D eigenvalue weighted by atomic mass is 9.85. The molecule has 4 rings (SSSR count). The fraction of sp³-hybridized carbons (Fsp3) is 0.565. The van der Waals surface area contributed by atoms with Crippen LogP contribution in [0.2, 0.25) is 0 Å². The zero-order valence-corrected chi connectivity index (χ0v) is 17.1. The first-order valence-corrected chi connectivity index (χ1v) is 10.7. The van der Waals surface area contributed by atoms with Crippen molar-refractivity contribution in [1.82, 2.24) is 10.3 Å². The summed E-state index contributed by atoms with van der Waals surface area (Å²) in [6.07, 6.45) is 7.53. The van der Waals surface area contributed by atoms with Gasteiger partial charge < -0.3 is 16.0 Å². The lowest BCUT2D eigenvalue weighted by molar-refractivity contribution is 0.100. The summed E-state index contributed by atoms with van der Waals surface area (Å²) in [5.41, 5.74) is 8.30. The van der Waals surface area contributed by atoms with E-state index in [-0.39, 0.29) is 0 Å². The maximum atomic E-state index is 12.1. The average Bonchev–Trinajstić information content (AvgIpc) is 2.69. The highest BCUT2D eigenvalue weighted by atomic mass is 16.1. The molecule has 1 aromatic carbocycles.